The summed E-state index contributed by atoms with van der Waals surface area (Å²) in [7, 11) is 1.29. The minimum atomic E-state index is -0.573. The maximum atomic E-state index is 12.3. The molecule has 27 heavy (non-hydrogen) atoms. The van der Waals surface area contributed by atoms with Crippen LogP contribution in [0.5, 0.6) is 0 Å². The first-order valence-electron chi connectivity index (χ1n) is 8.24. The predicted molar refractivity (Wildman–Crippen MR) is 98.8 cm³/mol. The molecule has 0 saturated carbocycles. The van der Waals surface area contributed by atoms with E-state index in [0.717, 1.165) is 5.39 Å². The second-order valence-electron chi connectivity index (χ2n) is 5.88. The van der Waals surface area contributed by atoms with Crippen LogP contribution in [-0.2, 0) is 16.1 Å². The minimum absolute atomic E-state index is 0.176. The smallest absolute Gasteiger partial charge is 0.340 e. The Morgan fingerprint density at radius 2 is 1.74 bits per heavy atom. The van der Waals surface area contributed by atoms with E-state index in [-0.39, 0.29) is 6.61 Å². The zero-order valence-electron chi connectivity index (χ0n) is 14.9. The molecule has 1 heterocycles. The molecule has 0 aliphatic carbocycles. The first-order chi connectivity index (χ1) is 13.0. The summed E-state index contributed by atoms with van der Waals surface area (Å²) in [5.41, 5.74) is 2.80. The molecule has 0 fully saturated rings. The molecule has 1 aromatic heterocycles. The summed E-state index contributed by atoms with van der Waals surface area (Å²) in [6.07, 6.45) is 0.694. The van der Waals surface area contributed by atoms with Gasteiger partial charge in [0.1, 0.15) is 12.9 Å². The van der Waals surface area contributed by atoms with Crippen molar-refractivity contribution in [3.05, 3.63) is 76.5 Å². The van der Waals surface area contributed by atoms with Crippen LogP contribution in [0, 0.1) is 6.92 Å². The second kappa shape index (κ2) is 7.78. The lowest BCUT2D eigenvalue weighted by Crippen LogP contribution is -2.14. The number of ether oxygens (including phenoxy) is 2. The summed E-state index contributed by atoms with van der Waals surface area (Å²) >= 11 is 0. The summed E-state index contributed by atoms with van der Waals surface area (Å²) in [6.45, 7) is 1.63. The molecule has 0 atom stereocenters. The van der Waals surface area contributed by atoms with Gasteiger partial charge in [-0.05, 0) is 30.7 Å². The molecule has 0 saturated heterocycles. The van der Waals surface area contributed by atoms with Gasteiger partial charge in [-0.2, -0.15) is 0 Å². The highest BCUT2D eigenvalue weighted by Crippen LogP contribution is 2.24. The van der Waals surface area contributed by atoms with Gasteiger partial charge in [0.05, 0.1) is 29.4 Å². The maximum absolute atomic E-state index is 12.3. The Balaban J connectivity index is 1.92. The standard InChI is InChI=1S/C21H17NO5/c1-13-16-5-3-4-6-17(16)22-18(19(13)21(25)26-2)12-27-20(24)15-9-7-14(11-23)8-10-15/h3-11H,12H2,1-2H3. The van der Waals surface area contributed by atoms with Crippen LogP contribution in [0.4, 0.5) is 0 Å². The van der Waals surface area contributed by atoms with E-state index in [1.165, 1.54) is 31.4 Å². The molecule has 0 bridgehead atoms. The van der Waals surface area contributed by atoms with Gasteiger partial charge in [0.25, 0.3) is 0 Å². The Morgan fingerprint density at radius 3 is 2.41 bits per heavy atom. The molecule has 0 amide bonds. The summed E-state index contributed by atoms with van der Waals surface area (Å²) in [6, 6.07) is 13.5. The van der Waals surface area contributed by atoms with E-state index in [9.17, 15) is 14.4 Å². The first-order valence-corrected chi connectivity index (χ1v) is 8.24. The molecular weight excluding hydrogens is 346 g/mol. The molecule has 2 aromatic carbocycles. The Bertz CT molecular complexity index is 1020. The van der Waals surface area contributed by atoms with Gasteiger partial charge < -0.3 is 9.47 Å². The zero-order valence-corrected chi connectivity index (χ0v) is 14.9. The third-order valence-electron chi connectivity index (χ3n) is 4.24. The highest BCUT2D eigenvalue weighted by atomic mass is 16.5. The number of rotatable bonds is 5. The molecule has 0 aliphatic rings. The van der Waals surface area contributed by atoms with Crippen LogP contribution in [0.2, 0.25) is 0 Å². The number of benzene rings is 2. The van der Waals surface area contributed by atoms with E-state index in [1.807, 2.05) is 24.3 Å². The van der Waals surface area contributed by atoms with E-state index >= 15 is 0 Å². The van der Waals surface area contributed by atoms with Crippen LogP contribution in [-0.4, -0.2) is 30.3 Å². The van der Waals surface area contributed by atoms with Gasteiger partial charge in [-0.15, -0.1) is 0 Å². The summed E-state index contributed by atoms with van der Waals surface area (Å²) < 4.78 is 10.2. The normalized spacial score (nSPS) is 10.4. The van der Waals surface area contributed by atoms with Crippen LogP contribution < -0.4 is 0 Å². The molecule has 6 nitrogen and oxygen atoms in total. The topological polar surface area (TPSA) is 82.6 Å². The number of methoxy groups -OCH3 is 1. The number of nitrogens with zero attached hydrogens (tertiary/aromatic N) is 1. The number of hydrogen-bond acceptors (Lipinski definition) is 6. The largest absolute Gasteiger partial charge is 0.465 e. The van der Waals surface area contributed by atoms with Crippen LogP contribution >= 0.6 is 0 Å². The predicted octanol–water partition coefficient (Wildman–Crippen LogP) is 3.50. The zero-order chi connectivity index (χ0) is 19.4. The van der Waals surface area contributed by atoms with Crippen molar-refractivity contribution in [3.8, 4) is 0 Å². The van der Waals surface area contributed by atoms with Crippen molar-refractivity contribution in [2.75, 3.05) is 7.11 Å². The van der Waals surface area contributed by atoms with Crippen LogP contribution in [0.25, 0.3) is 10.9 Å². The van der Waals surface area contributed by atoms with Gasteiger partial charge in [0.2, 0.25) is 0 Å². The minimum Gasteiger partial charge on any atom is -0.465 e. The number of esters is 2. The SMILES string of the molecule is COC(=O)c1c(COC(=O)c2ccc(C=O)cc2)nc2ccccc2c1C. The Labute approximate surface area is 155 Å². The lowest BCUT2D eigenvalue weighted by molar-refractivity contribution is 0.0455. The fourth-order valence-corrected chi connectivity index (χ4v) is 2.83. The number of aryl methyl sites for hydroxylation is 1. The third-order valence-corrected chi connectivity index (χ3v) is 4.24. The fraction of sp³-hybridized carbons (Fsp3) is 0.143. The van der Waals surface area contributed by atoms with Crippen molar-refractivity contribution in [3.63, 3.8) is 0 Å². The van der Waals surface area contributed by atoms with Crippen LogP contribution in [0.1, 0.15) is 42.3 Å². The van der Waals surface area contributed by atoms with E-state index < -0.39 is 11.9 Å². The van der Waals surface area contributed by atoms with Crippen LogP contribution in [0.3, 0.4) is 0 Å². The molecule has 0 spiro atoms. The van der Waals surface area contributed by atoms with Crippen molar-refractivity contribution in [2.45, 2.75) is 13.5 Å². The van der Waals surface area contributed by atoms with Gasteiger partial charge >= 0.3 is 11.9 Å². The molecule has 0 unspecified atom stereocenters. The van der Waals surface area contributed by atoms with Crippen molar-refractivity contribution < 1.29 is 23.9 Å². The maximum Gasteiger partial charge on any atom is 0.340 e. The fourth-order valence-electron chi connectivity index (χ4n) is 2.83. The Kier molecular flexibility index (Phi) is 5.26. The number of aromatic nitrogens is 1. The average molecular weight is 363 g/mol. The third kappa shape index (κ3) is 3.69. The number of hydrogen-bond donors (Lipinski definition) is 0. The van der Waals surface area contributed by atoms with Crippen molar-refractivity contribution in [2.24, 2.45) is 0 Å². The van der Waals surface area contributed by atoms with Crippen LogP contribution in [0.15, 0.2) is 48.5 Å². The highest BCUT2D eigenvalue weighted by Gasteiger charge is 2.20. The van der Waals surface area contributed by atoms with Gasteiger partial charge in [-0.3, -0.25) is 4.79 Å². The van der Waals surface area contributed by atoms with Crippen molar-refractivity contribution >= 4 is 29.1 Å². The lowest BCUT2D eigenvalue weighted by Gasteiger charge is -2.13. The highest BCUT2D eigenvalue weighted by molar-refractivity contribution is 5.98. The van der Waals surface area contributed by atoms with E-state index in [4.69, 9.17) is 9.47 Å². The first kappa shape index (κ1) is 18.3. The van der Waals surface area contributed by atoms with Crippen molar-refractivity contribution in [1.82, 2.24) is 4.98 Å². The molecule has 3 rings (SSSR count). The summed E-state index contributed by atoms with van der Waals surface area (Å²) in [4.78, 5) is 39.7. The van der Waals surface area contributed by atoms with Gasteiger partial charge in [0, 0.05) is 10.9 Å². The van der Waals surface area contributed by atoms with E-state index in [2.05, 4.69) is 4.98 Å². The summed E-state index contributed by atoms with van der Waals surface area (Å²) in [5.74, 6) is -1.11. The molecule has 0 radical (unpaired) electrons. The monoisotopic (exact) mass is 363 g/mol. The number of carbonyl (C=O) groups is 3. The molecular formula is C21H17NO5. The summed E-state index contributed by atoms with van der Waals surface area (Å²) in [5, 5.41) is 0.831. The molecule has 6 heteroatoms. The molecule has 136 valence electrons. The number of para-hydroxylation sites is 1. The van der Waals surface area contributed by atoms with Gasteiger partial charge in [-0.25, -0.2) is 14.6 Å². The molecule has 0 aliphatic heterocycles. The van der Waals surface area contributed by atoms with E-state index in [0.29, 0.717) is 39.8 Å². The van der Waals surface area contributed by atoms with Gasteiger partial charge in [0.15, 0.2) is 0 Å². The quantitative estimate of drug-likeness (QED) is 0.510. The van der Waals surface area contributed by atoms with Gasteiger partial charge in [-0.1, -0.05) is 30.3 Å². The second-order valence-corrected chi connectivity index (χ2v) is 5.88. The number of pyridine rings is 1. The van der Waals surface area contributed by atoms with Crippen molar-refractivity contribution in [1.29, 1.82) is 0 Å². The number of fused-ring (bicyclic) bond motifs is 1. The molecule has 3 aromatic rings. The molecule has 0 N–H and O–H groups in total. The average Bonchev–Trinajstić information content (AvgIpc) is 2.71. The number of aldehydes is 1. The lowest BCUT2D eigenvalue weighted by atomic mass is 10.0. The van der Waals surface area contributed by atoms with E-state index in [1.54, 1.807) is 6.92 Å². The Morgan fingerprint density at radius 1 is 1.04 bits per heavy atom. The number of carbonyl (C=O) groups excluding carboxylic acids is 3. The Hall–Kier alpha value is -3.54.